The number of allylic oxidation sites excluding steroid dienone is 1. The Labute approximate surface area is 193 Å². The molecule has 7 atom stereocenters. The zero-order valence-electron chi connectivity index (χ0n) is 19.9. The van der Waals surface area contributed by atoms with Crippen LogP contribution in [-0.2, 0) is 10.3 Å². The number of hydrogen-bond acceptors (Lipinski definition) is 4. The van der Waals surface area contributed by atoms with E-state index in [1.165, 1.54) is 0 Å². The lowest BCUT2D eigenvalue weighted by Gasteiger charge is -2.62. The molecule has 4 aliphatic rings. The summed E-state index contributed by atoms with van der Waals surface area (Å²) in [7, 11) is 0. The monoisotopic (exact) mass is 439 g/mol. The fourth-order valence-electron chi connectivity index (χ4n) is 8.31. The third kappa shape index (κ3) is 3.02. The van der Waals surface area contributed by atoms with Crippen molar-refractivity contribution >= 4 is 0 Å². The molecule has 4 aliphatic carbocycles. The quantitative estimate of drug-likeness (QED) is 0.460. The Morgan fingerprint density at radius 3 is 2.50 bits per heavy atom. The molecule has 32 heavy (non-hydrogen) atoms. The summed E-state index contributed by atoms with van der Waals surface area (Å²) in [4.78, 5) is 0. The maximum atomic E-state index is 12.3. The van der Waals surface area contributed by atoms with Crippen molar-refractivity contribution in [3.8, 4) is 0 Å². The van der Waals surface area contributed by atoms with E-state index in [4.69, 9.17) is 10.5 Å². The first-order valence-electron chi connectivity index (χ1n) is 12.8. The smallest absolute Gasteiger partial charge is 0.0978 e. The van der Waals surface area contributed by atoms with Crippen LogP contribution in [0.4, 0.5) is 0 Å². The average molecular weight is 440 g/mol. The van der Waals surface area contributed by atoms with E-state index in [1.807, 2.05) is 30.3 Å². The van der Waals surface area contributed by atoms with Gasteiger partial charge in [-0.3, -0.25) is 0 Å². The number of fused-ring (bicyclic) bond motifs is 5. The van der Waals surface area contributed by atoms with Crippen molar-refractivity contribution in [1.82, 2.24) is 0 Å². The first-order valence-corrected chi connectivity index (χ1v) is 12.8. The van der Waals surface area contributed by atoms with Crippen molar-refractivity contribution in [3.63, 3.8) is 0 Å². The Balaban J connectivity index is 1.43. The van der Waals surface area contributed by atoms with Crippen molar-refractivity contribution in [2.75, 3.05) is 13.2 Å². The highest BCUT2D eigenvalue weighted by molar-refractivity contribution is 5.34. The van der Waals surface area contributed by atoms with Gasteiger partial charge in [0.05, 0.1) is 17.3 Å². The molecule has 0 bridgehead atoms. The molecule has 176 valence electrons. The van der Waals surface area contributed by atoms with Gasteiger partial charge in [0.1, 0.15) is 0 Å². The van der Waals surface area contributed by atoms with E-state index in [0.29, 0.717) is 25.3 Å². The molecule has 0 spiro atoms. The summed E-state index contributed by atoms with van der Waals surface area (Å²) in [6, 6.07) is 10.1. The van der Waals surface area contributed by atoms with Crippen molar-refractivity contribution < 1.29 is 14.9 Å². The van der Waals surface area contributed by atoms with Gasteiger partial charge in [0.25, 0.3) is 0 Å². The van der Waals surface area contributed by atoms with E-state index in [0.717, 1.165) is 57.1 Å². The summed E-state index contributed by atoms with van der Waals surface area (Å²) >= 11 is 0. The largest absolute Gasteiger partial charge is 0.389 e. The average Bonchev–Trinajstić information content (AvgIpc) is 3.02. The van der Waals surface area contributed by atoms with Crippen LogP contribution in [0.5, 0.6) is 0 Å². The molecule has 4 heteroatoms. The zero-order chi connectivity index (χ0) is 22.6. The minimum Gasteiger partial charge on any atom is -0.389 e. The second kappa shape index (κ2) is 7.94. The van der Waals surface area contributed by atoms with Crippen LogP contribution < -0.4 is 5.73 Å². The third-order valence-electron chi connectivity index (χ3n) is 10.3. The summed E-state index contributed by atoms with van der Waals surface area (Å²) in [5.41, 5.74) is 6.00. The molecular weight excluding hydrogens is 398 g/mol. The van der Waals surface area contributed by atoms with Crippen LogP contribution in [0.15, 0.2) is 42.0 Å². The van der Waals surface area contributed by atoms with Gasteiger partial charge in [-0.25, -0.2) is 0 Å². The number of rotatable bonds is 5. The lowest BCUT2D eigenvalue weighted by atomic mass is 9.44. The van der Waals surface area contributed by atoms with Gasteiger partial charge in [-0.15, -0.1) is 0 Å². The van der Waals surface area contributed by atoms with Crippen molar-refractivity contribution in [1.29, 1.82) is 0 Å². The standard InChI is InChI=1S/C28H41NO3/c1-25-13-11-22(32-18-6-17-29)19-21(25)9-10-24-23(25)12-14-26(2)27(30,15-16-28(24,26)31)20-7-4-3-5-8-20/h3-5,7-8,19,22-24,30-31H,6,9-18,29H2,1-2H3/t22-,23-,24+,25-,26+,27-,28-/m0/s1. The predicted octanol–water partition coefficient (Wildman–Crippen LogP) is 4.69. The number of hydrogen-bond donors (Lipinski definition) is 3. The molecule has 0 unspecified atom stereocenters. The maximum absolute atomic E-state index is 12.3. The Kier molecular flexibility index (Phi) is 5.60. The molecule has 1 aromatic rings. The van der Waals surface area contributed by atoms with E-state index in [1.54, 1.807) is 5.57 Å². The summed E-state index contributed by atoms with van der Waals surface area (Å²) in [5.74, 6) is 0.722. The lowest BCUT2D eigenvalue weighted by Crippen LogP contribution is -2.63. The second-order valence-electron chi connectivity index (χ2n) is 11.5. The molecule has 3 fully saturated rings. The third-order valence-corrected chi connectivity index (χ3v) is 10.3. The normalized spacial score (nSPS) is 45.5. The van der Waals surface area contributed by atoms with Crippen molar-refractivity contribution in [2.24, 2.45) is 28.4 Å². The Bertz CT molecular complexity index is 871. The van der Waals surface area contributed by atoms with Crippen LogP contribution in [0.2, 0.25) is 0 Å². The highest BCUT2D eigenvalue weighted by Crippen LogP contribution is 2.71. The molecule has 3 saturated carbocycles. The van der Waals surface area contributed by atoms with Gasteiger partial charge in [0.2, 0.25) is 0 Å². The lowest BCUT2D eigenvalue weighted by molar-refractivity contribution is -0.222. The van der Waals surface area contributed by atoms with E-state index in [2.05, 4.69) is 19.9 Å². The van der Waals surface area contributed by atoms with Crippen LogP contribution in [0.25, 0.3) is 0 Å². The number of ether oxygens (including phenoxy) is 1. The predicted molar refractivity (Wildman–Crippen MR) is 127 cm³/mol. The summed E-state index contributed by atoms with van der Waals surface area (Å²) < 4.78 is 6.10. The van der Waals surface area contributed by atoms with Gasteiger partial charge in [-0.2, -0.15) is 0 Å². The SMILES string of the molecule is C[C@]12CC[C@H]3[C@@H](CCC4=C[C@@H](OCCCN)CC[C@@]43C)[C@@]1(O)CC[C@]2(O)c1ccccc1. The summed E-state index contributed by atoms with van der Waals surface area (Å²) in [6.07, 6.45) is 11.0. The Morgan fingerprint density at radius 2 is 1.75 bits per heavy atom. The van der Waals surface area contributed by atoms with Gasteiger partial charge >= 0.3 is 0 Å². The van der Waals surface area contributed by atoms with Crippen LogP contribution in [0.1, 0.15) is 77.2 Å². The highest BCUT2D eigenvalue weighted by Gasteiger charge is 2.71. The molecular formula is C28H41NO3. The fraction of sp³-hybridized carbons (Fsp3) is 0.714. The Hall–Kier alpha value is -1.20. The molecule has 4 N–H and O–H groups in total. The molecule has 0 saturated heterocycles. The minimum atomic E-state index is -0.959. The zero-order valence-corrected chi connectivity index (χ0v) is 19.9. The van der Waals surface area contributed by atoms with E-state index >= 15 is 0 Å². The molecule has 0 aliphatic heterocycles. The second-order valence-corrected chi connectivity index (χ2v) is 11.5. The summed E-state index contributed by atoms with van der Waals surface area (Å²) in [6.45, 7) is 6.02. The molecule has 4 nitrogen and oxygen atoms in total. The van der Waals surface area contributed by atoms with E-state index < -0.39 is 16.6 Å². The van der Waals surface area contributed by atoms with Crippen molar-refractivity contribution in [3.05, 3.63) is 47.5 Å². The molecule has 0 aromatic heterocycles. The Morgan fingerprint density at radius 1 is 0.969 bits per heavy atom. The topological polar surface area (TPSA) is 75.7 Å². The molecule has 5 rings (SSSR count). The van der Waals surface area contributed by atoms with E-state index in [9.17, 15) is 10.2 Å². The van der Waals surface area contributed by atoms with Crippen molar-refractivity contribution in [2.45, 2.75) is 88.9 Å². The minimum absolute atomic E-state index is 0.140. The van der Waals surface area contributed by atoms with E-state index in [-0.39, 0.29) is 17.4 Å². The molecule has 1 aromatic carbocycles. The summed E-state index contributed by atoms with van der Waals surface area (Å²) in [5, 5.41) is 24.4. The highest BCUT2D eigenvalue weighted by atomic mass is 16.5. The maximum Gasteiger partial charge on any atom is 0.0978 e. The van der Waals surface area contributed by atoms with Gasteiger partial charge in [-0.05, 0) is 87.1 Å². The molecule has 0 amide bonds. The number of benzene rings is 1. The number of nitrogens with two attached hydrogens (primary N) is 1. The van der Waals surface area contributed by atoms with Gasteiger partial charge in [-0.1, -0.05) is 55.8 Å². The van der Waals surface area contributed by atoms with Gasteiger partial charge < -0.3 is 20.7 Å². The van der Waals surface area contributed by atoms with Gasteiger partial charge in [0, 0.05) is 12.0 Å². The van der Waals surface area contributed by atoms with Gasteiger partial charge in [0.15, 0.2) is 0 Å². The van der Waals surface area contributed by atoms with Crippen LogP contribution >= 0.6 is 0 Å². The molecule has 0 heterocycles. The fourth-order valence-corrected chi connectivity index (χ4v) is 8.31. The van der Waals surface area contributed by atoms with Crippen LogP contribution in [-0.4, -0.2) is 35.1 Å². The number of aliphatic hydroxyl groups is 2. The van der Waals surface area contributed by atoms with Crippen LogP contribution in [0, 0.1) is 22.7 Å². The molecule has 0 radical (unpaired) electrons. The van der Waals surface area contributed by atoms with Crippen LogP contribution in [0.3, 0.4) is 0 Å². The first-order chi connectivity index (χ1) is 15.3. The first kappa shape index (κ1) is 22.6.